The van der Waals surface area contributed by atoms with E-state index in [1.807, 2.05) is 27.7 Å². The number of hydrogen-bond donors (Lipinski definition) is 1. The van der Waals surface area contributed by atoms with E-state index in [9.17, 15) is 13.2 Å². The Bertz CT molecular complexity index is 1280. The Morgan fingerprint density at radius 1 is 0.909 bits per heavy atom. The summed E-state index contributed by atoms with van der Waals surface area (Å²) in [5.74, 6) is -0.433. The molecule has 0 radical (unpaired) electrons. The van der Waals surface area contributed by atoms with Gasteiger partial charge in [-0.05, 0) is 92.4 Å². The van der Waals surface area contributed by atoms with E-state index in [0.717, 1.165) is 21.0 Å². The van der Waals surface area contributed by atoms with Gasteiger partial charge in [-0.3, -0.25) is 9.10 Å². The maximum Gasteiger partial charge on any atom is 0.264 e. The fourth-order valence-corrected chi connectivity index (χ4v) is 5.35. The quantitative estimate of drug-likeness (QED) is 0.429. The molecule has 1 amide bonds. The smallest absolute Gasteiger partial charge is 0.264 e. The van der Waals surface area contributed by atoms with Crippen molar-refractivity contribution in [1.29, 1.82) is 0 Å². The van der Waals surface area contributed by atoms with E-state index in [-0.39, 0.29) is 10.9 Å². The molecule has 3 aromatic rings. The third kappa shape index (κ3) is 5.88. The SMILES string of the molecule is Cc1cc(C)c([C@@H](C)NC(=O)CN(c2cccc(Cl)c2)S(=O)(=O)c2ccc(Cl)cc2)cc1C. The first kappa shape index (κ1) is 25.1. The monoisotopic (exact) mass is 504 g/mol. The third-order valence-corrected chi connectivity index (χ3v) is 7.79. The maximum absolute atomic E-state index is 13.4. The van der Waals surface area contributed by atoms with Crippen LogP contribution in [0.1, 0.15) is 35.2 Å². The first-order chi connectivity index (χ1) is 15.5. The zero-order valence-electron chi connectivity index (χ0n) is 18.9. The lowest BCUT2D eigenvalue weighted by atomic mass is 9.96. The van der Waals surface area contributed by atoms with Gasteiger partial charge < -0.3 is 5.32 Å². The summed E-state index contributed by atoms with van der Waals surface area (Å²) in [6.07, 6.45) is 0. The third-order valence-electron chi connectivity index (χ3n) is 5.51. The molecule has 0 aliphatic carbocycles. The summed E-state index contributed by atoms with van der Waals surface area (Å²) in [7, 11) is -4.05. The second kappa shape index (κ2) is 10.2. The Morgan fingerprint density at radius 3 is 2.18 bits per heavy atom. The van der Waals surface area contributed by atoms with Gasteiger partial charge in [0.2, 0.25) is 5.91 Å². The normalized spacial score (nSPS) is 12.3. The molecule has 0 aliphatic heterocycles. The van der Waals surface area contributed by atoms with Gasteiger partial charge >= 0.3 is 0 Å². The molecule has 3 rings (SSSR count). The van der Waals surface area contributed by atoms with Gasteiger partial charge in [0.1, 0.15) is 6.54 Å². The van der Waals surface area contributed by atoms with Crippen molar-refractivity contribution in [1.82, 2.24) is 5.32 Å². The fraction of sp³-hybridized carbons (Fsp3) is 0.240. The second-order valence-corrected chi connectivity index (χ2v) is 10.8. The number of sulfonamides is 1. The minimum atomic E-state index is -4.05. The van der Waals surface area contributed by atoms with Crippen LogP contribution in [-0.4, -0.2) is 20.9 Å². The van der Waals surface area contributed by atoms with Gasteiger partial charge in [0.25, 0.3) is 10.0 Å². The zero-order chi connectivity index (χ0) is 24.3. The zero-order valence-corrected chi connectivity index (χ0v) is 21.2. The Balaban J connectivity index is 1.91. The lowest BCUT2D eigenvalue weighted by Gasteiger charge is -2.26. The van der Waals surface area contributed by atoms with Crippen LogP contribution >= 0.6 is 23.2 Å². The molecule has 33 heavy (non-hydrogen) atoms. The highest BCUT2D eigenvalue weighted by Gasteiger charge is 2.28. The fourth-order valence-electron chi connectivity index (χ4n) is 3.62. The van der Waals surface area contributed by atoms with Gasteiger partial charge in [0.15, 0.2) is 0 Å². The van der Waals surface area contributed by atoms with Crippen LogP contribution in [0.2, 0.25) is 10.0 Å². The Labute approximate surface area is 205 Å². The summed E-state index contributed by atoms with van der Waals surface area (Å²) in [6.45, 7) is 7.53. The van der Waals surface area contributed by atoms with Gasteiger partial charge in [0, 0.05) is 10.0 Å². The van der Waals surface area contributed by atoms with Crippen LogP contribution in [-0.2, 0) is 14.8 Å². The number of hydrogen-bond acceptors (Lipinski definition) is 3. The van der Waals surface area contributed by atoms with Crippen molar-refractivity contribution >= 4 is 44.8 Å². The van der Waals surface area contributed by atoms with Gasteiger partial charge in [-0.1, -0.05) is 41.4 Å². The van der Waals surface area contributed by atoms with Crippen molar-refractivity contribution in [3.05, 3.63) is 93.0 Å². The number of halogens is 2. The highest BCUT2D eigenvalue weighted by Crippen LogP contribution is 2.27. The summed E-state index contributed by atoms with van der Waals surface area (Å²) in [5, 5.41) is 3.71. The topological polar surface area (TPSA) is 66.5 Å². The number of nitrogens with zero attached hydrogens (tertiary/aromatic N) is 1. The highest BCUT2D eigenvalue weighted by atomic mass is 35.5. The molecule has 0 aromatic heterocycles. The van der Waals surface area contributed by atoms with Gasteiger partial charge in [0.05, 0.1) is 16.6 Å². The molecule has 0 spiro atoms. The molecule has 0 saturated heterocycles. The van der Waals surface area contributed by atoms with Crippen LogP contribution in [0.15, 0.2) is 65.6 Å². The lowest BCUT2D eigenvalue weighted by Crippen LogP contribution is -2.41. The molecular formula is C25H26Cl2N2O3S. The van der Waals surface area contributed by atoms with Crippen molar-refractivity contribution < 1.29 is 13.2 Å². The lowest BCUT2D eigenvalue weighted by molar-refractivity contribution is -0.120. The Kier molecular flexibility index (Phi) is 7.73. The number of benzene rings is 3. The molecule has 1 N–H and O–H groups in total. The van der Waals surface area contributed by atoms with Gasteiger partial charge in [-0.25, -0.2) is 8.42 Å². The van der Waals surface area contributed by atoms with Crippen LogP contribution in [0, 0.1) is 20.8 Å². The summed E-state index contributed by atoms with van der Waals surface area (Å²) in [6, 6.07) is 16.0. The summed E-state index contributed by atoms with van der Waals surface area (Å²) >= 11 is 12.0. The van der Waals surface area contributed by atoms with E-state index < -0.39 is 22.5 Å². The number of rotatable bonds is 7. The van der Waals surface area contributed by atoms with Crippen molar-refractivity contribution in [3.63, 3.8) is 0 Å². The van der Waals surface area contributed by atoms with Crippen molar-refractivity contribution in [3.8, 4) is 0 Å². The van der Waals surface area contributed by atoms with Crippen LogP contribution < -0.4 is 9.62 Å². The van der Waals surface area contributed by atoms with E-state index in [1.54, 1.807) is 18.2 Å². The number of carbonyl (C=O) groups is 1. The van der Waals surface area contributed by atoms with Gasteiger partial charge in [-0.15, -0.1) is 0 Å². The van der Waals surface area contributed by atoms with Crippen molar-refractivity contribution in [2.75, 3.05) is 10.8 Å². The summed E-state index contributed by atoms with van der Waals surface area (Å²) < 4.78 is 27.9. The predicted octanol–water partition coefficient (Wildman–Crippen LogP) is 5.99. The average Bonchev–Trinajstić information content (AvgIpc) is 2.74. The molecular weight excluding hydrogens is 479 g/mol. The van der Waals surface area contributed by atoms with Crippen LogP contribution in [0.5, 0.6) is 0 Å². The number of anilines is 1. The van der Waals surface area contributed by atoms with Crippen molar-refractivity contribution in [2.45, 2.75) is 38.6 Å². The van der Waals surface area contributed by atoms with Crippen molar-refractivity contribution in [2.24, 2.45) is 0 Å². The number of nitrogens with one attached hydrogen (secondary N) is 1. The molecule has 1 atom stereocenters. The average molecular weight is 505 g/mol. The van der Waals surface area contributed by atoms with E-state index in [1.165, 1.54) is 35.9 Å². The molecule has 174 valence electrons. The van der Waals surface area contributed by atoms with E-state index in [2.05, 4.69) is 17.4 Å². The molecule has 0 heterocycles. The van der Waals surface area contributed by atoms with Crippen LogP contribution in [0.3, 0.4) is 0 Å². The highest BCUT2D eigenvalue weighted by molar-refractivity contribution is 7.92. The molecule has 0 unspecified atom stereocenters. The second-order valence-electron chi connectivity index (χ2n) is 8.03. The molecule has 0 aliphatic rings. The molecule has 0 fully saturated rings. The molecule has 8 heteroatoms. The minimum absolute atomic E-state index is 0.0257. The maximum atomic E-state index is 13.4. The molecule has 0 saturated carbocycles. The Hall–Kier alpha value is -2.54. The minimum Gasteiger partial charge on any atom is -0.348 e. The van der Waals surface area contributed by atoms with Crippen LogP contribution in [0.4, 0.5) is 5.69 Å². The number of amides is 1. The first-order valence-electron chi connectivity index (χ1n) is 10.4. The van der Waals surface area contributed by atoms with Crippen LogP contribution in [0.25, 0.3) is 0 Å². The van der Waals surface area contributed by atoms with Gasteiger partial charge in [-0.2, -0.15) is 0 Å². The summed E-state index contributed by atoms with van der Waals surface area (Å²) in [4.78, 5) is 13.0. The number of carbonyl (C=O) groups excluding carboxylic acids is 1. The predicted molar refractivity (Wildman–Crippen MR) is 135 cm³/mol. The molecule has 5 nitrogen and oxygen atoms in total. The largest absolute Gasteiger partial charge is 0.348 e. The van der Waals surface area contributed by atoms with E-state index in [0.29, 0.717) is 15.7 Å². The molecule has 3 aromatic carbocycles. The standard InChI is InChI=1S/C25H26Cl2N2O3S/c1-16-12-18(3)24(13-17(16)2)19(4)28-25(30)15-29(22-7-5-6-21(27)14-22)33(31,32)23-10-8-20(26)9-11-23/h5-14,19H,15H2,1-4H3,(H,28,30)/t19-/m1/s1. The number of aryl methyl sites for hydroxylation is 3. The van der Waals surface area contributed by atoms with E-state index >= 15 is 0 Å². The Morgan fingerprint density at radius 2 is 1.55 bits per heavy atom. The first-order valence-corrected chi connectivity index (χ1v) is 12.6. The molecule has 0 bridgehead atoms. The summed E-state index contributed by atoms with van der Waals surface area (Å²) in [5.41, 5.74) is 4.65. The van der Waals surface area contributed by atoms with E-state index in [4.69, 9.17) is 23.2 Å².